The van der Waals surface area contributed by atoms with Gasteiger partial charge in [-0.3, -0.25) is 19.2 Å². The maximum absolute atomic E-state index is 13.0. The molecule has 1 aliphatic heterocycles. The van der Waals surface area contributed by atoms with Gasteiger partial charge in [0.2, 0.25) is 17.7 Å². The van der Waals surface area contributed by atoms with E-state index in [0.29, 0.717) is 25.0 Å². The summed E-state index contributed by atoms with van der Waals surface area (Å²) in [6, 6.07) is -3.98. The molecule has 3 amide bonds. The van der Waals surface area contributed by atoms with Crippen LogP contribution in [0.4, 0.5) is 0 Å². The van der Waals surface area contributed by atoms with Crippen molar-refractivity contribution < 1.29 is 34.2 Å². The summed E-state index contributed by atoms with van der Waals surface area (Å²) in [5.74, 6) is -3.31. The van der Waals surface area contributed by atoms with Gasteiger partial charge in [-0.1, -0.05) is 13.8 Å². The van der Waals surface area contributed by atoms with Crippen LogP contribution < -0.4 is 16.4 Å². The van der Waals surface area contributed by atoms with Crippen LogP contribution in [0.2, 0.25) is 0 Å². The maximum atomic E-state index is 13.0. The zero-order valence-electron chi connectivity index (χ0n) is 19.4. The van der Waals surface area contributed by atoms with E-state index in [4.69, 9.17) is 10.8 Å². The van der Waals surface area contributed by atoms with Crippen molar-refractivity contribution in [3.8, 4) is 0 Å². The molecule has 0 aliphatic carbocycles. The molecule has 0 aromatic carbocycles. The molecule has 4 unspecified atom stereocenters. The molecule has 6 N–H and O–H groups in total. The van der Waals surface area contributed by atoms with Crippen molar-refractivity contribution in [2.24, 2.45) is 11.7 Å². The van der Waals surface area contributed by atoms with Crippen molar-refractivity contribution in [2.45, 2.75) is 76.5 Å². The minimum Gasteiger partial charge on any atom is -0.481 e. The minimum atomic E-state index is -1.22. The van der Waals surface area contributed by atoms with E-state index in [0.717, 1.165) is 0 Å². The molecule has 0 saturated carbocycles. The molecule has 0 bridgehead atoms. The highest BCUT2D eigenvalue weighted by molar-refractivity contribution is 7.98. The van der Waals surface area contributed by atoms with Gasteiger partial charge < -0.3 is 31.5 Å². The summed E-state index contributed by atoms with van der Waals surface area (Å²) in [6.07, 6.45) is 2.79. The Kier molecular flexibility index (Phi) is 12.2. The first-order chi connectivity index (χ1) is 15.5. The van der Waals surface area contributed by atoms with Crippen LogP contribution in [0.5, 0.6) is 0 Å². The zero-order chi connectivity index (χ0) is 25.1. The molecule has 1 heterocycles. The highest BCUT2D eigenvalue weighted by Crippen LogP contribution is 2.20. The number of carboxylic acid groups (broad SMARTS) is 2. The van der Waals surface area contributed by atoms with E-state index in [1.54, 1.807) is 0 Å². The number of nitrogens with two attached hydrogens (primary N) is 1. The van der Waals surface area contributed by atoms with Gasteiger partial charge in [-0.15, -0.1) is 0 Å². The summed E-state index contributed by atoms with van der Waals surface area (Å²) in [6.45, 7) is 4.06. The Bertz CT molecular complexity index is 719. The van der Waals surface area contributed by atoms with E-state index >= 15 is 0 Å². The third kappa shape index (κ3) is 9.58. The topological polar surface area (TPSA) is 179 Å². The number of nitrogens with one attached hydrogen (secondary N) is 2. The fraction of sp³-hybridized carbons (Fsp3) is 0.762. The van der Waals surface area contributed by atoms with Crippen molar-refractivity contribution in [1.29, 1.82) is 0 Å². The lowest BCUT2D eigenvalue weighted by Crippen LogP contribution is -2.57. The van der Waals surface area contributed by atoms with E-state index in [2.05, 4.69) is 10.6 Å². The quantitative estimate of drug-likeness (QED) is 0.225. The Morgan fingerprint density at radius 1 is 1.06 bits per heavy atom. The number of thioether (sulfide) groups is 1. The number of nitrogens with zero attached hydrogens (tertiary/aromatic N) is 1. The van der Waals surface area contributed by atoms with Gasteiger partial charge in [0.25, 0.3) is 0 Å². The highest BCUT2D eigenvalue weighted by atomic mass is 32.2. The average Bonchev–Trinajstić information content (AvgIpc) is 3.22. The van der Waals surface area contributed by atoms with Crippen LogP contribution in [0.3, 0.4) is 0 Å². The van der Waals surface area contributed by atoms with E-state index in [1.165, 1.54) is 16.7 Å². The molecular formula is C21H36N4O7S. The predicted molar refractivity (Wildman–Crippen MR) is 124 cm³/mol. The van der Waals surface area contributed by atoms with Crippen molar-refractivity contribution in [3.63, 3.8) is 0 Å². The number of likely N-dealkylation sites (tertiary alicyclic amines) is 1. The number of hydrogen-bond acceptors (Lipinski definition) is 7. The number of carboxylic acids is 2. The predicted octanol–water partition coefficient (Wildman–Crippen LogP) is 0.0229. The van der Waals surface area contributed by atoms with Crippen LogP contribution in [-0.2, 0) is 24.0 Å². The van der Waals surface area contributed by atoms with Gasteiger partial charge in [-0.2, -0.15) is 11.8 Å². The van der Waals surface area contributed by atoms with Gasteiger partial charge in [0.05, 0.1) is 6.04 Å². The first-order valence-corrected chi connectivity index (χ1v) is 12.5. The lowest BCUT2D eigenvalue weighted by molar-refractivity contribution is -0.150. The van der Waals surface area contributed by atoms with Crippen LogP contribution in [0, 0.1) is 5.92 Å². The molecule has 1 rings (SSSR count). The second-order valence-corrected chi connectivity index (χ2v) is 9.59. The van der Waals surface area contributed by atoms with Gasteiger partial charge in [0, 0.05) is 13.0 Å². The fourth-order valence-corrected chi connectivity index (χ4v) is 4.15. The Labute approximate surface area is 198 Å². The summed E-state index contributed by atoms with van der Waals surface area (Å²) in [5.41, 5.74) is 5.92. The monoisotopic (exact) mass is 488 g/mol. The van der Waals surface area contributed by atoms with Crippen molar-refractivity contribution in [3.05, 3.63) is 0 Å². The molecular weight excluding hydrogens is 452 g/mol. The second kappa shape index (κ2) is 14.0. The molecule has 0 aromatic heterocycles. The van der Waals surface area contributed by atoms with Crippen molar-refractivity contribution in [1.82, 2.24) is 15.5 Å². The van der Waals surface area contributed by atoms with Crippen LogP contribution in [0.1, 0.15) is 52.4 Å². The molecule has 0 spiro atoms. The standard InChI is InChI=1S/C21H36N4O7S/c1-12(2)11-13(22)18(28)23-14(8-10-33-3)19(29)24-15(6-7-17(26)27)20(30)25-9-4-5-16(25)21(31)32/h12-16H,4-11,22H2,1-3H3,(H,23,28)(H,24,29)(H,26,27)(H,31,32). The second-order valence-electron chi connectivity index (χ2n) is 8.60. The molecule has 12 heteroatoms. The average molecular weight is 489 g/mol. The first kappa shape index (κ1) is 28.7. The van der Waals surface area contributed by atoms with E-state index in [1.807, 2.05) is 20.1 Å². The highest BCUT2D eigenvalue weighted by Gasteiger charge is 2.38. The molecule has 0 radical (unpaired) electrons. The zero-order valence-corrected chi connectivity index (χ0v) is 20.2. The van der Waals surface area contributed by atoms with Crippen LogP contribution in [0.15, 0.2) is 0 Å². The SMILES string of the molecule is CSCCC(NC(=O)C(N)CC(C)C)C(=O)NC(CCC(=O)O)C(=O)N1CCCC1C(=O)O. The van der Waals surface area contributed by atoms with Gasteiger partial charge in [0.15, 0.2) is 0 Å². The number of hydrogen-bond donors (Lipinski definition) is 5. The van der Waals surface area contributed by atoms with Gasteiger partial charge in [-0.25, -0.2) is 4.79 Å². The fourth-order valence-electron chi connectivity index (χ4n) is 3.68. The smallest absolute Gasteiger partial charge is 0.326 e. The molecule has 1 fully saturated rings. The normalized spacial score (nSPS) is 18.5. The van der Waals surface area contributed by atoms with Crippen LogP contribution in [0.25, 0.3) is 0 Å². The van der Waals surface area contributed by atoms with E-state index < -0.39 is 53.8 Å². The number of amides is 3. The summed E-state index contributed by atoms with van der Waals surface area (Å²) in [4.78, 5) is 62.3. The van der Waals surface area contributed by atoms with Gasteiger partial charge in [-0.05, 0) is 50.0 Å². The Hall–Kier alpha value is -2.34. The van der Waals surface area contributed by atoms with Crippen LogP contribution in [-0.4, -0.2) is 87.5 Å². The third-order valence-corrected chi connectivity index (χ3v) is 6.03. The number of carbonyl (C=O) groups excluding carboxylic acids is 3. The Balaban J connectivity index is 2.99. The molecule has 1 saturated heterocycles. The molecule has 0 aromatic rings. The molecule has 4 atom stereocenters. The number of rotatable bonds is 14. The lowest BCUT2D eigenvalue weighted by Gasteiger charge is -2.29. The Morgan fingerprint density at radius 3 is 2.24 bits per heavy atom. The third-order valence-electron chi connectivity index (χ3n) is 5.39. The molecule has 11 nitrogen and oxygen atoms in total. The van der Waals surface area contributed by atoms with Gasteiger partial charge in [0.1, 0.15) is 18.1 Å². The Morgan fingerprint density at radius 2 is 1.70 bits per heavy atom. The molecule has 33 heavy (non-hydrogen) atoms. The summed E-state index contributed by atoms with van der Waals surface area (Å²) in [5, 5.41) is 23.6. The first-order valence-electron chi connectivity index (χ1n) is 11.1. The van der Waals surface area contributed by atoms with Crippen molar-refractivity contribution in [2.75, 3.05) is 18.6 Å². The van der Waals surface area contributed by atoms with Crippen molar-refractivity contribution >= 4 is 41.4 Å². The summed E-state index contributed by atoms with van der Waals surface area (Å²) in [7, 11) is 0. The molecule has 1 aliphatic rings. The number of aliphatic carboxylic acids is 2. The lowest BCUT2D eigenvalue weighted by atomic mass is 10.0. The number of carbonyl (C=O) groups is 5. The largest absolute Gasteiger partial charge is 0.481 e. The van der Waals surface area contributed by atoms with E-state index in [-0.39, 0.29) is 31.7 Å². The van der Waals surface area contributed by atoms with E-state index in [9.17, 15) is 29.1 Å². The van der Waals surface area contributed by atoms with Gasteiger partial charge >= 0.3 is 11.9 Å². The van der Waals surface area contributed by atoms with Crippen LogP contribution >= 0.6 is 11.8 Å². The maximum Gasteiger partial charge on any atom is 0.326 e. The summed E-state index contributed by atoms with van der Waals surface area (Å²) >= 11 is 1.48. The molecule has 188 valence electrons. The minimum absolute atomic E-state index is 0.185. The summed E-state index contributed by atoms with van der Waals surface area (Å²) < 4.78 is 0.